The van der Waals surface area contributed by atoms with Crippen LogP contribution in [0.15, 0.2) is 30.3 Å². The molecular weight excluding hydrogens is 272 g/mol. The Morgan fingerprint density at radius 3 is 2.70 bits per heavy atom. The number of halogens is 1. The highest BCUT2D eigenvalue weighted by atomic mass is 35.5. The Morgan fingerprint density at radius 2 is 2.05 bits per heavy atom. The van der Waals surface area contributed by atoms with E-state index < -0.39 is 0 Å². The minimum Gasteiger partial charge on any atom is -0.373 e. The van der Waals surface area contributed by atoms with E-state index in [2.05, 4.69) is 33.2 Å². The van der Waals surface area contributed by atoms with E-state index in [0.29, 0.717) is 0 Å². The Labute approximate surface area is 124 Å². The van der Waals surface area contributed by atoms with Gasteiger partial charge in [0.25, 0.3) is 0 Å². The maximum Gasteiger partial charge on any atom is 0.134 e. The molecule has 0 fully saturated rings. The van der Waals surface area contributed by atoms with Gasteiger partial charge in [0, 0.05) is 38.1 Å². The molecule has 0 amide bonds. The van der Waals surface area contributed by atoms with Crippen molar-refractivity contribution in [2.45, 2.75) is 19.9 Å². The lowest BCUT2D eigenvalue weighted by Gasteiger charge is -2.19. The summed E-state index contributed by atoms with van der Waals surface area (Å²) < 4.78 is 0. The lowest BCUT2D eigenvalue weighted by Crippen LogP contribution is -2.19. The zero-order chi connectivity index (χ0) is 14.5. The van der Waals surface area contributed by atoms with Gasteiger partial charge in [0.05, 0.1) is 0 Å². The molecule has 0 saturated heterocycles. The summed E-state index contributed by atoms with van der Waals surface area (Å²) in [5.41, 5.74) is 1.16. The molecule has 0 bridgehead atoms. The maximum absolute atomic E-state index is 6.02. The summed E-state index contributed by atoms with van der Waals surface area (Å²) >= 11 is 6.02. The summed E-state index contributed by atoms with van der Waals surface area (Å²) in [7, 11) is 3.88. The van der Waals surface area contributed by atoms with Crippen LogP contribution in [0.25, 0.3) is 0 Å². The fourth-order valence-electron chi connectivity index (χ4n) is 1.96. The fraction of sp³-hybridized carbons (Fsp3) is 0.333. The van der Waals surface area contributed by atoms with Gasteiger partial charge in [-0.25, -0.2) is 9.97 Å². The summed E-state index contributed by atoms with van der Waals surface area (Å²) in [6.45, 7) is 2.80. The molecule has 2 aromatic rings. The molecule has 0 aliphatic heterocycles. The van der Waals surface area contributed by atoms with E-state index in [4.69, 9.17) is 11.6 Å². The van der Waals surface area contributed by atoms with E-state index in [1.807, 2.05) is 38.4 Å². The van der Waals surface area contributed by atoms with E-state index >= 15 is 0 Å². The normalized spacial score (nSPS) is 10.4. The number of aryl methyl sites for hydroxylation is 1. The van der Waals surface area contributed by atoms with Crippen molar-refractivity contribution in [3.63, 3.8) is 0 Å². The van der Waals surface area contributed by atoms with Gasteiger partial charge in [0.1, 0.15) is 17.5 Å². The molecule has 4 nitrogen and oxygen atoms in total. The third kappa shape index (κ3) is 3.61. The molecule has 1 heterocycles. The topological polar surface area (TPSA) is 41.1 Å². The first-order valence-corrected chi connectivity index (χ1v) is 7.01. The second kappa shape index (κ2) is 6.57. The van der Waals surface area contributed by atoms with Crippen molar-refractivity contribution in [3.8, 4) is 0 Å². The monoisotopic (exact) mass is 290 g/mol. The van der Waals surface area contributed by atoms with Crippen molar-refractivity contribution in [1.29, 1.82) is 0 Å². The van der Waals surface area contributed by atoms with Gasteiger partial charge in [-0.15, -0.1) is 0 Å². The van der Waals surface area contributed by atoms with Crippen molar-refractivity contribution in [1.82, 2.24) is 9.97 Å². The molecular formula is C15H19ClN4. The van der Waals surface area contributed by atoms with Crippen LogP contribution in [0.2, 0.25) is 5.02 Å². The average Bonchev–Trinajstić information content (AvgIpc) is 2.46. The lowest BCUT2D eigenvalue weighted by molar-refractivity contribution is 0.860. The molecule has 5 heteroatoms. The largest absolute Gasteiger partial charge is 0.373 e. The maximum atomic E-state index is 6.02. The Morgan fingerprint density at radius 1 is 1.25 bits per heavy atom. The minimum absolute atomic E-state index is 0.753. The molecule has 106 valence electrons. The smallest absolute Gasteiger partial charge is 0.134 e. The summed E-state index contributed by atoms with van der Waals surface area (Å²) in [6, 6.07) is 9.82. The second-order valence-electron chi connectivity index (χ2n) is 4.62. The summed E-state index contributed by atoms with van der Waals surface area (Å²) in [5.74, 6) is 2.58. The Kier molecular flexibility index (Phi) is 4.79. The Balaban J connectivity index is 2.22. The molecule has 0 unspecified atom stereocenters. The standard InChI is InChI=1S/C15H19ClN4/c1-4-13-18-14(17-2)9-15(19-13)20(3)10-11-6-5-7-12(16)8-11/h5-9H,4,10H2,1-3H3,(H,17,18,19). The second-order valence-corrected chi connectivity index (χ2v) is 5.05. The Hall–Kier alpha value is -1.81. The van der Waals surface area contributed by atoms with Crippen molar-refractivity contribution >= 4 is 23.2 Å². The molecule has 1 N–H and O–H groups in total. The first kappa shape index (κ1) is 14.6. The molecule has 0 radical (unpaired) electrons. The van der Waals surface area contributed by atoms with E-state index in [1.54, 1.807) is 0 Å². The molecule has 0 aliphatic carbocycles. The van der Waals surface area contributed by atoms with Gasteiger partial charge in [-0.3, -0.25) is 0 Å². The summed E-state index contributed by atoms with van der Waals surface area (Å²) in [6.07, 6.45) is 0.813. The van der Waals surface area contributed by atoms with Crippen LogP contribution in [0.1, 0.15) is 18.3 Å². The van der Waals surface area contributed by atoms with E-state index in [1.165, 1.54) is 0 Å². The quantitative estimate of drug-likeness (QED) is 0.917. The first-order chi connectivity index (χ1) is 9.62. The molecule has 0 atom stereocenters. The molecule has 0 saturated carbocycles. The van der Waals surface area contributed by atoms with E-state index in [9.17, 15) is 0 Å². The van der Waals surface area contributed by atoms with Gasteiger partial charge in [-0.1, -0.05) is 30.7 Å². The van der Waals surface area contributed by atoms with Crippen LogP contribution in [-0.4, -0.2) is 24.1 Å². The first-order valence-electron chi connectivity index (χ1n) is 6.63. The summed E-state index contributed by atoms with van der Waals surface area (Å²) in [5, 5.41) is 3.82. The van der Waals surface area contributed by atoms with Crippen LogP contribution in [0.4, 0.5) is 11.6 Å². The van der Waals surface area contributed by atoms with Crippen LogP contribution in [0.3, 0.4) is 0 Å². The Bertz CT molecular complexity index is 564. The zero-order valence-electron chi connectivity index (χ0n) is 12.0. The van der Waals surface area contributed by atoms with Crippen LogP contribution < -0.4 is 10.2 Å². The van der Waals surface area contributed by atoms with Gasteiger partial charge < -0.3 is 10.2 Å². The average molecular weight is 291 g/mol. The predicted molar refractivity (Wildman–Crippen MR) is 84.5 cm³/mol. The third-order valence-electron chi connectivity index (χ3n) is 3.03. The number of anilines is 2. The summed E-state index contributed by atoms with van der Waals surface area (Å²) in [4.78, 5) is 11.1. The SMILES string of the molecule is CCc1nc(NC)cc(N(C)Cc2cccc(Cl)c2)n1. The van der Waals surface area contributed by atoms with Crippen LogP contribution in [0.5, 0.6) is 0 Å². The molecule has 0 aliphatic rings. The molecule has 1 aromatic carbocycles. The lowest BCUT2D eigenvalue weighted by atomic mass is 10.2. The number of rotatable bonds is 5. The third-order valence-corrected chi connectivity index (χ3v) is 3.27. The van der Waals surface area contributed by atoms with Crippen LogP contribution >= 0.6 is 11.6 Å². The minimum atomic E-state index is 0.753. The molecule has 0 spiro atoms. The highest BCUT2D eigenvalue weighted by Crippen LogP contribution is 2.18. The molecule has 2 rings (SSSR count). The highest BCUT2D eigenvalue weighted by Gasteiger charge is 2.08. The number of nitrogens with one attached hydrogen (secondary N) is 1. The van der Waals surface area contributed by atoms with Gasteiger partial charge in [0.2, 0.25) is 0 Å². The number of nitrogens with zero attached hydrogens (tertiary/aromatic N) is 3. The van der Waals surface area contributed by atoms with Crippen LogP contribution in [-0.2, 0) is 13.0 Å². The van der Waals surface area contributed by atoms with E-state index in [-0.39, 0.29) is 0 Å². The number of benzene rings is 1. The van der Waals surface area contributed by atoms with Gasteiger partial charge >= 0.3 is 0 Å². The number of hydrogen-bond acceptors (Lipinski definition) is 4. The van der Waals surface area contributed by atoms with Crippen molar-refractivity contribution in [3.05, 3.63) is 46.7 Å². The van der Waals surface area contributed by atoms with Crippen molar-refractivity contribution in [2.75, 3.05) is 24.3 Å². The fourth-order valence-corrected chi connectivity index (χ4v) is 2.17. The highest BCUT2D eigenvalue weighted by molar-refractivity contribution is 6.30. The van der Waals surface area contributed by atoms with Gasteiger partial charge in [0.15, 0.2) is 0 Å². The van der Waals surface area contributed by atoms with E-state index in [0.717, 1.165) is 41.0 Å². The van der Waals surface area contributed by atoms with Crippen molar-refractivity contribution in [2.24, 2.45) is 0 Å². The number of aromatic nitrogens is 2. The van der Waals surface area contributed by atoms with Gasteiger partial charge in [-0.05, 0) is 17.7 Å². The zero-order valence-corrected chi connectivity index (χ0v) is 12.8. The van der Waals surface area contributed by atoms with Crippen LogP contribution in [0, 0.1) is 0 Å². The number of hydrogen-bond donors (Lipinski definition) is 1. The molecule has 20 heavy (non-hydrogen) atoms. The van der Waals surface area contributed by atoms with Gasteiger partial charge in [-0.2, -0.15) is 0 Å². The van der Waals surface area contributed by atoms with Crippen molar-refractivity contribution < 1.29 is 0 Å². The predicted octanol–water partition coefficient (Wildman–Crippen LogP) is 3.37. The molecule has 1 aromatic heterocycles.